The van der Waals surface area contributed by atoms with Crippen molar-refractivity contribution in [2.75, 3.05) is 18.1 Å². The molecule has 2 bridgehead atoms. The van der Waals surface area contributed by atoms with Crippen molar-refractivity contribution in [2.24, 2.45) is 0 Å². The quantitative estimate of drug-likeness (QED) is 0.704. The average Bonchev–Trinajstić information content (AvgIpc) is 2.78. The number of nitrogens with zero attached hydrogens (tertiary/aromatic N) is 1. The van der Waals surface area contributed by atoms with Crippen LogP contribution < -0.4 is 4.90 Å². The van der Waals surface area contributed by atoms with Gasteiger partial charge in [0.2, 0.25) is 0 Å². The molecule has 2 aliphatic rings. The van der Waals surface area contributed by atoms with Crippen molar-refractivity contribution in [1.82, 2.24) is 0 Å². The first kappa shape index (κ1) is 8.57. The van der Waals surface area contributed by atoms with Crippen LogP contribution in [0.3, 0.4) is 0 Å². The predicted molar refractivity (Wildman–Crippen MR) is 56.9 cm³/mol. The summed E-state index contributed by atoms with van der Waals surface area (Å²) < 4.78 is 5.56. The molecule has 0 aromatic heterocycles. The van der Waals surface area contributed by atoms with Gasteiger partial charge in [-0.1, -0.05) is 17.7 Å². The first-order valence-corrected chi connectivity index (χ1v) is 5.34. The average molecular weight is 210 g/mol. The lowest BCUT2D eigenvalue weighted by molar-refractivity contribution is 0.0991. The SMILES string of the molecule is Clc1cccc(N2CC3CC2CO3)c1. The van der Waals surface area contributed by atoms with Crippen molar-refractivity contribution in [3.63, 3.8) is 0 Å². The number of hydrogen-bond acceptors (Lipinski definition) is 2. The number of hydrogen-bond donors (Lipinski definition) is 0. The van der Waals surface area contributed by atoms with E-state index in [0.717, 1.165) is 18.2 Å². The molecule has 0 saturated carbocycles. The third kappa shape index (κ3) is 1.30. The Hall–Kier alpha value is -0.730. The fourth-order valence-corrected chi connectivity index (χ4v) is 2.56. The van der Waals surface area contributed by atoms with E-state index in [2.05, 4.69) is 11.0 Å². The molecule has 3 heteroatoms. The van der Waals surface area contributed by atoms with Crippen molar-refractivity contribution in [1.29, 1.82) is 0 Å². The lowest BCUT2D eigenvalue weighted by Crippen LogP contribution is -2.36. The minimum absolute atomic E-state index is 0.444. The van der Waals surface area contributed by atoms with Crippen LogP contribution in [0.25, 0.3) is 0 Å². The Balaban J connectivity index is 1.89. The van der Waals surface area contributed by atoms with Crippen molar-refractivity contribution in [3.05, 3.63) is 29.3 Å². The Kier molecular flexibility index (Phi) is 1.92. The van der Waals surface area contributed by atoms with Gasteiger partial charge in [0.25, 0.3) is 0 Å². The van der Waals surface area contributed by atoms with Gasteiger partial charge >= 0.3 is 0 Å². The maximum Gasteiger partial charge on any atom is 0.0771 e. The van der Waals surface area contributed by atoms with Gasteiger partial charge in [-0.2, -0.15) is 0 Å². The van der Waals surface area contributed by atoms with Crippen molar-refractivity contribution in [2.45, 2.75) is 18.6 Å². The largest absolute Gasteiger partial charge is 0.374 e. The standard InChI is InChI=1S/C11H12ClNO/c12-8-2-1-3-9(4-8)13-6-11-5-10(13)7-14-11/h1-4,10-11H,5-7H2. The molecule has 0 radical (unpaired) electrons. The summed E-state index contributed by atoms with van der Waals surface area (Å²) in [5.74, 6) is 0. The zero-order valence-electron chi connectivity index (χ0n) is 7.82. The Bertz CT molecular complexity index is 355. The van der Waals surface area contributed by atoms with Gasteiger partial charge in [0.15, 0.2) is 0 Å². The summed E-state index contributed by atoms with van der Waals surface area (Å²) in [5.41, 5.74) is 1.23. The molecule has 0 N–H and O–H groups in total. The Morgan fingerprint density at radius 1 is 1.43 bits per heavy atom. The number of rotatable bonds is 1. The second kappa shape index (κ2) is 3.14. The molecule has 2 unspecified atom stereocenters. The molecule has 0 spiro atoms. The Morgan fingerprint density at radius 2 is 2.36 bits per heavy atom. The normalized spacial score (nSPS) is 29.9. The highest BCUT2D eigenvalue weighted by atomic mass is 35.5. The van der Waals surface area contributed by atoms with Gasteiger partial charge in [-0.25, -0.2) is 0 Å². The third-order valence-corrected chi connectivity index (χ3v) is 3.28. The van der Waals surface area contributed by atoms with Crippen LogP contribution >= 0.6 is 11.6 Å². The molecule has 0 amide bonds. The van der Waals surface area contributed by atoms with Crippen molar-refractivity contribution < 1.29 is 4.74 Å². The summed E-state index contributed by atoms with van der Waals surface area (Å²) in [4.78, 5) is 2.40. The highest BCUT2D eigenvalue weighted by Crippen LogP contribution is 2.33. The lowest BCUT2D eigenvalue weighted by atomic mass is 10.2. The minimum Gasteiger partial charge on any atom is -0.374 e. The molecule has 2 fully saturated rings. The van der Waals surface area contributed by atoms with E-state index in [-0.39, 0.29) is 0 Å². The van der Waals surface area contributed by atoms with Gasteiger partial charge in [-0.3, -0.25) is 0 Å². The summed E-state index contributed by atoms with van der Waals surface area (Å²) in [6, 6.07) is 8.63. The molecule has 2 heterocycles. The van der Waals surface area contributed by atoms with E-state index in [9.17, 15) is 0 Å². The summed E-state index contributed by atoms with van der Waals surface area (Å²) >= 11 is 5.97. The highest BCUT2D eigenvalue weighted by molar-refractivity contribution is 6.30. The smallest absolute Gasteiger partial charge is 0.0771 e. The maximum atomic E-state index is 5.97. The van der Waals surface area contributed by atoms with Gasteiger partial charge in [0.1, 0.15) is 0 Å². The van der Waals surface area contributed by atoms with E-state index < -0.39 is 0 Å². The molecule has 2 atom stereocenters. The fourth-order valence-electron chi connectivity index (χ4n) is 2.37. The summed E-state index contributed by atoms with van der Waals surface area (Å²) in [7, 11) is 0. The van der Waals surface area contributed by atoms with Gasteiger partial charge < -0.3 is 9.64 Å². The van der Waals surface area contributed by atoms with E-state index >= 15 is 0 Å². The molecule has 2 aliphatic heterocycles. The molecular weight excluding hydrogens is 198 g/mol. The van der Waals surface area contributed by atoms with Gasteiger partial charge in [0, 0.05) is 17.3 Å². The van der Waals surface area contributed by atoms with Crippen LogP contribution in [-0.4, -0.2) is 25.3 Å². The molecule has 0 aliphatic carbocycles. The zero-order valence-corrected chi connectivity index (χ0v) is 8.57. The monoisotopic (exact) mass is 209 g/mol. The van der Waals surface area contributed by atoms with Crippen LogP contribution in [0.1, 0.15) is 6.42 Å². The molecule has 1 aromatic rings. The number of anilines is 1. The summed E-state index contributed by atoms with van der Waals surface area (Å²) in [5, 5.41) is 0.811. The summed E-state index contributed by atoms with van der Waals surface area (Å²) in [6.45, 7) is 1.89. The van der Waals surface area contributed by atoms with Crippen LogP contribution in [0.4, 0.5) is 5.69 Å². The zero-order chi connectivity index (χ0) is 9.54. The van der Waals surface area contributed by atoms with E-state index in [1.165, 1.54) is 12.1 Å². The fraction of sp³-hybridized carbons (Fsp3) is 0.455. The van der Waals surface area contributed by atoms with E-state index in [1.54, 1.807) is 0 Å². The summed E-state index contributed by atoms with van der Waals surface area (Å²) in [6.07, 6.45) is 1.62. The van der Waals surface area contributed by atoms with Crippen LogP contribution in [0, 0.1) is 0 Å². The Morgan fingerprint density at radius 3 is 3.00 bits per heavy atom. The number of halogens is 1. The van der Waals surface area contributed by atoms with Crippen LogP contribution in [0.5, 0.6) is 0 Å². The molecule has 1 aromatic carbocycles. The molecule has 3 rings (SSSR count). The number of fused-ring (bicyclic) bond motifs is 2. The number of benzene rings is 1. The second-order valence-corrected chi connectivity index (χ2v) is 4.41. The minimum atomic E-state index is 0.444. The van der Waals surface area contributed by atoms with Gasteiger partial charge in [-0.05, 0) is 24.6 Å². The van der Waals surface area contributed by atoms with Gasteiger partial charge in [-0.15, -0.1) is 0 Å². The molecule has 74 valence electrons. The van der Waals surface area contributed by atoms with Crippen LogP contribution in [-0.2, 0) is 4.74 Å². The number of morpholine rings is 1. The Labute approximate surface area is 88.4 Å². The van der Waals surface area contributed by atoms with Crippen molar-refractivity contribution >= 4 is 17.3 Å². The van der Waals surface area contributed by atoms with E-state index in [4.69, 9.17) is 16.3 Å². The molecule has 2 saturated heterocycles. The topological polar surface area (TPSA) is 12.5 Å². The van der Waals surface area contributed by atoms with Gasteiger partial charge in [0.05, 0.1) is 18.8 Å². The number of ether oxygens (including phenoxy) is 1. The predicted octanol–water partition coefficient (Wildman–Crippen LogP) is 2.32. The van der Waals surface area contributed by atoms with E-state index in [1.807, 2.05) is 18.2 Å². The van der Waals surface area contributed by atoms with Crippen LogP contribution in [0.15, 0.2) is 24.3 Å². The van der Waals surface area contributed by atoms with Crippen LogP contribution in [0.2, 0.25) is 5.02 Å². The first-order chi connectivity index (χ1) is 6.83. The molecular formula is C11H12ClNO. The van der Waals surface area contributed by atoms with E-state index in [0.29, 0.717) is 12.1 Å². The molecule has 14 heavy (non-hydrogen) atoms. The third-order valence-electron chi connectivity index (χ3n) is 3.04. The second-order valence-electron chi connectivity index (χ2n) is 3.98. The lowest BCUT2D eigenvalue weighted by Gasteiger charge is -2.28. The molecule has 2 nitrogen and oxygen atoms in total. The van der Waals surface area contributed by atoms with Crippen molar-refractivity contribution in [3.8, 4) is 0 Å². The first-order valence-electron chi connectivity index (χ1n) is 4.97. The highest BCUT2D eigenvalue weighted by Gasteiger charge is 2.38. The maximum absolute atomic E-state index is 5.97.